The molecule has 0 unspecified atom stereocenters. The predicted octanol–water partition coefficient (Wildman–Crippen LogP) is 1.14. The second-order valence-electron chi connectivity index (χ2n) is 4.72. The minimum atomic E-state index is -0.886. The molecule has 1 aliphatic rings. The highest BCUT2D eigenvalue weighted by Gasteiger charge is 2.23. The first-order valence-electron chi connectivity index (χ1n) is 6.49. The Kier molecular flexibility index (Phi) is 5.85. The van der Waals surface area contributed by atoms with Crippen LogP contribution in [0.5, 0.6) is 0 Å². The van der Waals surface area contributed by atoms with E-state index in [-0.39, 0.29) is 12.5 Å². The van der Waals surface area contributed by atoms with Crippen LogP contribution in [-0.4, -0.2) is 41.0 Å². The molecule has 18 heavy (non-hydrogen) atoms. The second kappa shape index (κ2) is 7.16. The number of carbonyl (C=O) groups is 2. The van der Waals surface area contributed by atoms with Crippen LogP contribution >= 0.6 is 0 Å². The van der Waals surface area contributed by atoms with Crippen LogP contribution < -0.4 is 5.73 Å². The Balaban J connectivity index is 2.65. The molecule has 1 aliphatic carbocycles. The first-order chi connectivity index (χ1) is 8.54. The molecule has 1 amide bonds. The van der Waals surface area contributed by atoms with E-state index >= 15 is 0 Å². The lowest BCUT2D eigenvalue weighted by molar-refractivity contribution is -0.132. The van der Waals surface area contributed by atoms with Gasteiger partial charge in [0.05, 0.1) is 6.54 Å². The van der Waals surface area contributed by atoms with Gasteiger partial charge in [-0.1, -0.05) is 25.8 Å². The van der Waals surface area contributed by atoms with Crippen LogP contribution in [0.3, 0.4) is 0 Å². The summed E-state index contributed by atoms with van der Waals surface area (Å²) in [6, 6.07) is 0.362. The number of aliphatic carboxylic acids is 1. The largest absolute Gasteiger partial charge is 0.478 e. The highest BCUT2D eigenvalue weighted by Crippen LogP contribution is 2.23. The fourth-order valence-corrected chi connectivity index (χ4v) is 2.42. The van der Waals surface area contributed by atoms with Gasteiger partial charge >= 0.3 is 5.97 Å². The Morgan fingerprint density at radius 2 is 2.00 bits per heavy atom. The number of carbonyl (C=O) groups excluding carboxylic acids is 1. The third kappa shape index (κ3) is 4.49. The smallest absolute Gasteiger partial charge is 0.331 e. The Morgan fingerprint density at radius 3 is 2.44 bits per heavy atom. The topological polar surface area (TPSA) is 83.6 Å². The summed E-state index contributed by atoms with van der Waals surface area (Å²) in [5, 5.41) is 8.95. The third-order valence-corrected chi connectivity index (χ3v) is 3.43. The molecule has 3 N–H and O–H groups in total. The Labute approximate surface area is 108 Å². The molecule has 0 aromatic heterocycles. The molecular weight excluding hydrogens is 232 g/mol. The number of carboxylic acids is 1. The lowest BCUT2D eigenvalue weighted by Crippen LogP contribution is -2.40. The number of hydrogen-bond acceptors (Lipinski definition) is 3. The lowest BCUT2D eigenvalue weighted by atomic mass is 10.1. The number of amides is 1. The standard InChI is InChI=1S/C13H22N2O3/c1-2-10(13(17)18)7-8-15(9-12(14)16)11-5-3-4-6-11/h7,11H,2-6,8-9H2,1H3,(H2,14,16)(H,17,18). The summed E-state index contributed by atoms with van der Waals surface area (Å²) in [6.07, 6.45) is 6.66. The van der Waals surface area contributed by atoms with E-state index in [1.165, 1.54) is 12.8 Å². The Bertz CT molecular complexity index is 333. The van der Waals surface area contributed by atoms with Gasteiger partial charge in [-0.25, -0.2) is 4.79 Å². The quantitative estimate of drug-likeness (QED) is 0.667. The summed E-state index contributed by atoms with van der Waals surface area (Å²) in [5.74, 6) is -1.24. The van der Waals surface area contributed by atoms with Crippen LogP contribution in [0.15, 0.2) is 11.6 Å². The van der Waals surface area contributed by atoms with Crippen molar-refractivity contribution in [3.05, 3.63) is 11.6 Å². The molecule has 0 heterocycles. The van der Waals surface area contributed by atoms with Crippen LogP contribution in [0.25, 0.3) is 0 Å². The number of nitrogens with zero attached hydrogens (tertiary/aromatic N) is 1. The highest BCUT2D eigenvalue weighted by molar-refractivity contribution is 5.86. The molecule has 5 heteroatoms. The van der Waals surface area contributed by atoms with Crippen molar-refractivity contribution in [2.24, 2.45) is 5.73 Å². The molecule has 0 aromatic rings. The maximum Gasteiger partial charge on any atom is 0.331 e. The monoisotopic (exact) mass is 254 g/mol. The summed E-state index contributed by atoms with van der Waals surface area (Å²) in [5.41, 5.74) is 5.63. The molecule has 5 nitrogen and oxygen atoms in total. The second-order valence-corrected chi connectivity index (χ2v) is 4.72. The van der Waals surface area contributed by atoms with Crippen molar-refractivity contribution in [3.63, 3.8) is 0 Å². The summed E-state index contributed by atoms with van der Waals surface area (Å²) in [7, 11) is 0. The van der Waals surface area contributed by atoms with E-state index < -0.39 is 5.97 Å². The molecule has 1 fully saturated rings. The van der Waals surface area contributed by atoms with Gasteiger partial charge in [0.25, 0.3) is 0 Å². The van der Waals surface area contributed by atoms with Gasteiger partial charge in [0.2, 0.25) is 5.91 Å². The van der Waals surface area contributed by atoms with Gasteiger partial charge in [-0.15, -0.1) is 0 Å². The minimum Gasteiger partial charge on any atom is -0.478 e. The van der Waals surface area contributed by atoms with Gasteiger partial charge in [0.1, 0.15) is 0 Å². The van der Waals surface area contributed by atoms with Gasteiger partial charge in [0, 0.05) is 18.2 Å². The lowest BCUT2D eigenvalue weighted by Gasteiger charge is -2.26. The Morgan fingerprint density at radius 1 is 1.39 bits per heavy atom. The van der Waals surface area contributed by atoms with Crippen molar-refractivity contribution in [2.75, 3.05) is 13.1 Å². The van der Waals surface area contributed by atoms with E-state index in [2.05, 4.69) is 0 Å². The van der Waals surface area contributed by atoms with Crippen LogP contribution in [0.1, 0.15) is 39.0 Å². The maximum absolute atomic E-state index is 11.1. The zero-order chi connectivity index (χ0) is 13.5. The number of carboxylic acid groups (broad SMARTS) is 1. The van der Waals surface area contributed by atoms with E-state index in [4.69, 9.17) is 10.8 Å². The molecule has 0 aliphatic heterocycles. The molecule has 0 atom stereocenters. The molecular formula is C13H22N2O3. The van der Waals surface area contributed by atoms with Gasteiger partial charge in [-0.05, 0) is 19.3 Å². The predicted molar refractivity (Wildman–Crippen MR) is 69.0 cm³/mol. The van der Waals surface area contributed by atoms with Crippen molar-refractivity contribution >= 4 is 11.9 Å². The van der Waals surface area contributed by atoms with Crippen molar-refractivity contribution in [3.8, 4) is 0 Å². The molecule has 1 rings (SSSR count). The van der Waals surface area contributed by atoms with Crippen molar-refractivity contribution in [2.45, 2.75) is 45.1 Å². The van der Waals surface area contributed by atoms with Crippen LogP contribution in [0.2, 0.25) is 0 Å². The zero-order valence-corrected chi connectivity index (χ0v) is 10.9. The fraction of sp³-hybridized carbons (Fsp3) is 0.692. The van der Waals surface area contributed by atoms with E-state index in [1.807, 2.05) is 11.8 Å². The summed E-state index contributed by atoms with van der Waals surface area (Å²) >= 11 is 0. The molecule has 0 aromatic carbocycles. The Hall–Kier alpha value is -1.36. The molecule has 0 spiro atoms. The SMILES string of the molecule is CCC(=CCN(CC(N)=O)C1CCCC1)C(=O)O. The average molecular weight is 254 g/mol. The van der Waals surface area contributed by atoms with Crippen molar-refractivity contribution in [1.29, 1.82) is 0 Å². The molecule has 1 saturated carbocycles. The first-order valence-corrected chi connectivity index (χ1v) is 6.49. The summed E-state index contributed by atoms with van der Waals surface area (Å²) < 4.78 is 0. The van der Waals surface area contributed by atoms with E-state index in [0.29, 0.717) is 24.6 Å². The zero-order valence-electron chi connectivity index (χ0n) is 10.9. The normalized spacial score (nSPS) is 17.3. The molecule has 102 valence electrons. The average Bonchev–Trinajstić information content (AvgIpc) is 2.80. The van der Waals surface area contributed by atoms with Crippen LogP contribution in [0, 0.1) is 0 Å². The summed E-state index contributed by atoms with van der Waals surface area (Å²) in [6.45, 7) is 2.51. The van der Waals surface area contributed by atoms with E-state index in [0.717, 1.165) is 12.8 Å². The van der Waals surface area contributed by atoms with E-state index in [9.17, 15) is 9.59 Å². The van der Waals surface area contributed by atoms with Crippen molar-refractivity contribution < 1.29 is 14.7 Å². The fourth-order valence-electron chi connectivity index (χ4n) is 2.42. The first kappa shape index (κ1) is 14.7. The van der Waals surface area contributed by atoms with Crippen LogP contribution in [0.4, 0.5) is 0 Å². The van der Waals surface area contributed by atoms with Crippen molar-refractivity contribution in [1.82, 2.24) is 4.90 Å². The molecule has 0 radical (unpaired) electrons. The highest BCUT2D eigenvalue weighted by atomic mass is 16.4. The number of hydrogen-bond donors (Lipinski definition) is 2. The number of nitrogens with two attached hydrogens (primary N) is 1. The van der Waals surface area contributed by atoms with Crippen LogP contribution in [-0.2, 0) is 9.59 Å². The molecule has 0 bridgehead atoms. The van der Waals surface area contributed by atoms with Gasteiger partial charge in [-0.3, -0.25) is 9.69 Å². The summed E-state index contributed by atoms with van der Waals surface area (Å²) in [4.78, 5) is 24.0. The van der Waals surface area contributed by atoms with Gasteiger partial charge in [-0.2, -0.15) is 0 Å². The van der Waals surface area contributed by atoms with Gasteiger partial charge in [0.15, 0.2) is 0 Å². The number of primary amides is 1. The molecule has 0 saturated heterocycles. The maximum atomic E-state index is 11.1. The van der Waals surface area contributed by atoms with E-state index in [1.54, 1.807) is 6.08 Å². The van der Waals surface area contributed by atoms with Gasteiger partial charge < -0.3 is 10.8 Å². The minimum absolute atomic E-state index is 0.206. The number of rotatable bonds is 7. The third-order valence-electron chi connectivity index (χ3n) is 3.43.